The van der Waals surface area contributed by atoms with Gasteiger partial charge in [-0.25, -0.2) is 13.6 Å². The first-order valence-corrected chi connectivity index (χ1v) is 7.80. The molecular formula is C18H16F2N2O3. The van der Waals surface area contributed by atoms with Gasteiger partial charge >= 0.3 is 6.09 Å². The van der Waals surface area contributed by atoms with Gasteiger partial charge in [0.2, 0.25) is 0 Å². The minimum Gasteiger partial charge on any atom is -0.447 e. The number of rotatable bonds is 5. The highest BCUT2D eigenvalue weighted by molar-refractivity contribution is 5.97. The summed E-state index contributed by atoms with van der Waals surface area (Å²) in [4.78, 5) is 25.3. The Morgan fingerprint density at radius 3 is 2.60 bits per heavy atom. The number of hydrogen-bond donors (Lipinski definition) is 1. The second kappa shape index (κ2) is 7.29. The average molecular weight is 346 g/mol. The minimum absolute atomic E-state index is 0.234. The summed E-state index contributed by atoms with van der Waals surface area (Å²) in [6.45, 7) is 0.992. The first kappa shape index (κ1) is 16.9. The summed E-state index contributed by atoms with van der Waals surface area (Å²) >= 11 is 0. The van der Waals surface area contributed by atoms with Crippen LogP contribution in [0.3, 0.4) is 0 Å². The maximum atomic E-state index is 13.1. The van der Waals surface area contributed by atoms with Crippen LogP contribution >= 0.6 is 0 Å². The summed E-state index contributed by atoms with van der Waals surface area (Å²) in [5.74, 6) is -1.62. The number of ether oxygens (including phenoxy) is 1. The number of hydrogen-bond acceptors (Lipinski definition) is 3. The molecule has 2 aromatic carbocycles. The number of benzene rings is 2. The van der Waals surface area contributed by atoms with E-state index in [1.54, 1.807) is 24.3 Å². The van der Waals surface area contributed by atoms with Crippen molar-refractivity contribution in [2.45, 2.75) is 6.42 Å². The SMILES string of the molecule is O=C(NCCc1cc(F)cc(F)c1)c1cccc(N2CCOC2=O)c1. The van der Waals surface area contributed by atoms with Crippen molar-refractivity contribution >= 4 is 17.7 Å². The van der Waals surface area contributed by atoms with Crippen LogP contribution in [0.15, 0.2) is 42.5 Å². The lowest BCUT2D eigenvalue weighted by molar-refractivity contribution is 0.0954. The second-order valence-electron chi connectivity index (χ2n) is 5.60. The Kier molecular flexibility index (Phi) is 4.92. The fourth-order valence-electron chi connectivity index (χ4n) is 2.62. The molecule has 5 nitrogen and oxygen atoms in total. The highest BCUT2D eigenvalue weighted by Gasteiger charge is 2.24. The van der Waals surface area contributed by atoms with E-state index in [0.29, 0.717) is 36.4 Å². The predicted octanol–water partition coefficient (Wildman–Crippen LogP) is 2.89. The molecule has 2 amide bonds. The van der Waals surface area contributed by atoms with Gasteiger partial charge in [0, 0.05) is 23.9 Å². The van der Waals surface area contributed by atoms with E-state index in [4.69, 9.17) is 4.74 Å². The van der Waals surface area contributed by atoms with E-state index in [1.165, 1.54) is 17.0 Å². The number of cyclic esters (lactones) is 1. The van der Waals surface area contributed by atoms with Gasteiger partial charge in [-0.15, -0.1) is 0 Å². The van der Waals surface area contributed by atoms with Gasteiger partial charge < -0.3 is 10.1 Å². The number of nitrogens with zero attached hydrogens (tertiary/aromatic N) is 1. The lowest BCUT2D eigenvalue weighted by Crippen LogP contribution is -2.27. The van der Waals surface area contributed by atoms with Gasteiger partial charge in [-0.2, -0.15) is 0 Å². The minimum atomic E-state index is -0.647. The number of amides is 2. The Morgan fingerprint density at radius 2 is 1.92 bits per heavy atom. The van der Waals surface area contributed by atoms with Gasteiger partial charge in [-0.1, -0.05) is 6.07 Å². The zero-order valence-electron chi connectivity index (χ0n) is 13.3. The van der Waals surface area contributed by atoms with Crippen LogP contribution in [-0.4, -0.2) is 31.7 Å². The fourth-order valence-corrected chi connectivity index (χ4v) is 2.62. The smallest absolute Gasteiger partial charge is 0.414 e. The first-order chi connectivity index (χ1) is 12.0. The maximum absolute atomic E-state index is 13.1. The summed E-state index contributed by atoms with van der Waals surface area (Å²) in [6, 6.07) is 9.89. The van der Waals surface area contributed by atoms with Crippen molar-refractivity contribution in [3.05, 3.63) is 65.2 Å². The fraction of sp³-hybridized carbons (Fsp3) is 0.222. The normalized spacial score (nSPS) is 13.7. The number of halogens is 2. The molecule has 7 heteroatoms. The first-order valence-electron chi connectivity index (χ1n) is 7.80. The van der Waals surface area contributed by atoms with Crippen molar-refractivity contribution < 1.29 is 23.1 Å². The molecule has 0 radical (unpaired) electrons. The van der Waals surface area contributed by atoms with Crippen LogP contribution in [0, 0.1) is 11.6 Å². The molecule has 2 aromatic rings. The van der Waals surface area contributed by atoms with E-state index in [1.807, 2.05) is 0 Å². The maximum Gasteiger partial charge on any atom is 0.414 e. The standard InChI is InChI=1S/C18H16F2N2O3/c19-14-8-12(9-15(20)11-14)4-5-21-17(23)13-2-1-3-16(10-13)22-6-7-25-18(22)24/h1-3,8-11H,4-7H2,(H,21,23). The monoisotopic (exact) mass is 346 g/mol. The number of anilines is 1. The highest BCUT2D eigenvalue weighted by Crippen LogP contribution is 2.20. The van der Waals surface area contributed by atoms with E-state index < -0.39 is 17.7 Å². The van der Waals surface area contributed by atoms with Gasteiger partial charge in [0.1, 0.15) is 18.2 Å². The van der Waals surface area contributed by atoms with E-state index in [9.17, 15) is 18.4 Å². The number of carbonyl (C=O) groups is 2. The summed E-state index contributed by atoms with van der Waals surface area (Å²) < 4.78 is 31.1. The molecule has 0 spiro atoms. The van der Waals surface area contributed by atoms with Crippen LogP contribution in [0.2, 0.25) is 0 Å². The highest BCUT2D eigenvalue weighted by atomic mass is 19.1. The molecule has 1 saturated heterocycles. The topological polar surface area (TPSA) is 58.6 Å². The molecule has 0 unspecified atom stereocenters. The molecule has 0 aromatic heterocycles. The molecular weight excluding hydrogens is 330 g/mol. The summed E-state index contributed by atoms with van der Waals surface area (Å²) in [5, 5.41) is 2.70. The number of nitrogens with one attached hydrogen (secondary N) is 1. The number of carbonyl (C=O) groups excluding carboxylic acids is 2. The van der Waals surface area contributed by atoms with Crippen LogP contribution in [-0.2, 0) is 11.2 Å². The molecule has 0 aliphatic carbocycles. The van der Waals surface area contributed by atoms with Crippen molar-refractivity contribution in [2.24, 2.45) is 0 Å². The molecule has 0 saturated carbocycles. The third-order valence-corrected chi connectivity index (χ3v) is 3.80. The molecule has 3 rings (SSSR count). The van der Waals surface area contributed by atoms with Crippen LogP contribution in [0.1, 0.15) is 15.9 Å². The largest absolute Gasteiger partial charge is 0.447 e. The third-order valence-electron chi connectivity index (χ3n) is 3.80. The molecule has 1 aliphatic heterocycles. The molecule has 1 fully saturated rings. The molecule has 1 N–H and O–H groups in total. The van der Waals surface area contributed by atoms with E-state index in [2.05, 4.69) is 5.32 Å². The molecule has 25 heavy (non-hydrogen) atoms. The van der Waals surface area contributed by atoms with Crippen LogP contribution in [0.5, 0.6) is 0 Å². The molecule has 1 heterocycles. The van der Waals surface area contributed by atoms with Crippen molar-refractivity contribution in [1.29, 1.82) is 0 Å². The van der Waals surface area contributed by atoms with Crippen LogP contribution in [0.4, 0.5) is 19.3 Å². The van der Waals surface area contributed by atoms with Crippen molar-refractivity contribution in [1.82, 2.24) is 5.32 Å². The summed E-state index contributed by atoms with van der Waals surface area (Å²) in [6.07, 6.45) is -0.135. The molecule has 130 valence electrons. The van der Waals surface area contributed by atoms with Gasteiger partial charge in [0.25, 0.3) is 5.91 Å². The lowest BCUT2D eigenvalue weighted by atomic mass is 10.1. The van der Waals surface area contributed by atoms with E-state index >= 15 is 0 Å². The Hall–Kier alpha value is -2.96. The van der Waals surface area contributed by atoms with Crippen molar-refractivity contribution in [2.75, 3.05) is 24.6 Å². The molecule has 0 bridgehead atoms. The lowest BCUT2D eigenvalue weighted by Gasteiger charge is -2.13. The van der Waals surface area contributed by atoms with Gasteiger partial charge in [-0.3, -0.25) is 9.69 Å². The third kappa shape index (κ3) is 4.12. The Balaban J connectivity index is 1.60. The van der Waals surface area contributed by atoms with E-state index in [0.717, 1.165) is 6.07 Å². The van der Waals surface area contributed by atoms with Gasteiger partial charge in [0.05, 0.1) is 6.54 Å². The van der Waals surface area contributed by atoms with E-state index in [-0.39, 0.29) is 12.5 Å². The van der Waals surface area contributed by atoms with Crippen LogP contribution < -0.4 is 10.2 Å². The second-order valence-corrected chi connectivity index (χ2v) is 5.60. The summed E-state index contributed by atoms with van der Waals surface area (Å²) in [7, 11) is 0. The van der Waals surface area contributed by atoms with Gasteiger partial charge in [0.15, 0.2) is 0 Å². The van der Waals surface area contributed by atoms with Crippen molar-refractivity contribution in [3.8, 4) is 0 Å². The average Bonchev–Trinajstić information content (AvgIpc) is 3.00. The molecule has 0 atom stereocenters. The predicted molar refractivity (Wildman–Crippen MR) is 87.5 cm³/mol. The van der Waals surface area contributed by atoms with Crippen molar-refractivity contribution in [3.63, 3.8) is 0 Å². The van der Waals surface area contributed by atoms with Gasteiger partial charge in [-0.05, 0) is 42.3 Å². The Morgan fingerprint density at radius 1 is 1.16 bits per heavy atom. The summed E-state index contributed by atoms with van der Waals surface area (Å²) in [5.41, 5.74) is 1.44. The molecule has 1 aliphatic rings. The Bertz CT molecular complexity index is 790. The van der Waals surface area contributed by atoms with Crippen LogP contribution in [0.25, 0.3) is 0 Å². The quantitative estimate of drug-likeness (QED) is 0.906. The zero-order valence-corrected chi connectivity index (χ0v) is 13.3. The Labute approximate surface area is 143 Å². The zero-order chi connectivity index (χ0) is 17.8.